The van der Waals surface area contributed by atoms with Gasteiger partial charge in [0.2, 0.25) is 0 Å². The molecular formula is C34H21Cl4N3O2. The van der Waals surface area contributed by atoms with Crippen LogP contribution in [0.4, 0.5) is 39.8 Å². The van der Waals surface area contributed by atoms with E-state index in [0.717, 1.165) is 39.5 Å². The summed E-state index contributed by atoms with van der Waals surface area (Å²) in [6.07, 6.45) is 0. The monoisotopic (exact) mass is 643 g/mol. The predicted molar refractivity (Wildman–Crippen MR) is 180 cm³/mol. The highest BCUT2D eigenvalue weighted by molar-refractivity contribution is 6.31. The number of halogens is 4. The van der Waals surface area contributed by atoms with Crippen LogP contribution in [0, 0.1) is 10.1 Å². The molecule has 0 heterocycles. The summed E-state index contributed by atoms with van der Waals surface area (Å²) in [6.45, 7) is 0. The summed E-state index contributed by atoms with van der Waals surface area (Å²) in [5, 5.41) is 15.7. The minimum absolute atomic E-state index is 0.00956. The van der Waals surface area contributed by atoms with Crippen molar-refractivity contribution in [3.05, 3.63) is 158 Å². The highest BCUT2D eigenvalue weighted by atomic mass is 35.5. The quantitative estimate of drug-likeness (QED) is 0.128. The van der Waals surface area contributed by atoms with E-state index in [-0.39, 0.29) is 5.69 Å². The average Bonchev–Trinajstić information content (AvgIpc) is 3.01. The van der Waals surface area contributed by atoms with Crippen LogP contribution in [0.15, 0.2) is 127 Å². The maximum atomic E-state index is 11.8. The summed E-state index contributed by atoms with van der Waals surface area (Å²) in [6, 6.07) is 38.9. The fourth-order valence-electron chi connectivity index (χ4n) is 4.98. The number of nitro groups is 1. The van der Waals surface area contributed by atoms with Crippen LogP contribution >= 0.6 is 46.4 Å². The molecule has 0 fully saturated rings. The van der Waals surface area contributed by atoms with Crippen molar-refractivity contribution >= 4 is 97.0 Å². The summed E-state index contributed by atoms with van der Waals surface area (Å²) >= 11 is 25.0. The van der Waals surface area contributed by atoms with Gasteiger partial charge in [0.15, 0.2) is 0 Å². The fraction of sp³-hybridized carbons (Fsp3) is 0. The van der Waals surface area contributed by atoms with Crippen molar-refractivity contribution in [2.45, 2.75) is 0 Å². The number of hydrogen-bond donors (Lipinski definition) is 0. The summed E-state index contributed by atoms with van der Waals surface area (Å²) in [5.41, 5.74) is 4.91. The van der Waals surface area contributed by atoms with Crippen LogP contribution in [-0.4, -0.2) is 4.92 Å². The number of benzene rings is 6. The zero-order valence-electron chi connectivity index (χ0n) is 22.3. The van der Waals surface area contributed by atoms with Crippen molar-refractivity contribution < 1.29 is 4.92 Å². The van der Waals surface area contributed by atoms with Gasteiger partial charge in [0.05, 0.1) is 10.6 Å². The minimum Gasteiger partial charge on any atom is -0.310 e. The minimum atomic E-state index is -0.391. The molecule has 9 heteroatoms. The Hall–Kier alpha value is -4.26. The van der Waals surface area contributed by atoms with Gasteiger partial charge in [0, 0.05) is 66.0 Å². The number of hydrogen-bond acceptors (Lipinski definition) is 4. The standard InChI is InChI=1S/C34H21Cl4N3O2/c35-23-1-9-27(10-2-23)39(28-11-3-24(36)4-12-28)32-20-22-19-31(41(42)43)17-18-33(22)34(21-32)40(29-13-5-25(37)6-14-29)30-15-7-26(38)8-16-30/h1-21H. The van der Waals surface area contributed by atoms with Crippen molar-refractivity contribution in [3.63, 3.8) is 0 Å². The molecule has 0 aliphatic rings. The summed E-state index contributed by atoms with van der Waals surface area (Å²) in [4.78, 5) is 15.6. The van der Waals surface area contributed by atoms with Crippen LogP contribution in [0.3, 0.4) is 0 Å². The lowest BCUT2D eigenvalue weighted by molar-refractivity contribution is -0.384. The van der Waals surface area contributed by atoms with Crippen molar-refractivity contribution in [2.75, 3.05) is 9.80 Å². The molecule has 0 spiro atoms. The molecule has 0 aromatic heterocycles. The van der Waals surface area contributed by atoms with Crippen LogP contribution in [0.25, 0.3) is 10.8 Å². The smallest absolute Gasteiger partial charge is 0.270 e. The van der Waals surface area contributed by atoms with E-state index < -0.39 is 4.92 Å². The van der Waals surface area contributed by atoms with E-state index in [0.29, 0.717) is 25.5 Å². The van der Waals surface area contributed by atoms with Gasteiger partial charge in [0.25, 0.3) is 5.69 Å². The van der Waals surface area contributed by atoms with Crippen LogP contribution in [0.1, 0.15) is 0 Å². The molecule has 212 valence electrons. The molecule has 0 amide bonds. The molecule has 0 unspecified atom stereocenters. The van der Waals surface area contributed by atoms with Crippen molar-refractivity contribution in [1.82, 2.24) is 0 Å². The van der Waals surface area contributed by atoms with E-state index in [4.69, 9.17) is 46.4 Å². The number of anilines is 6. The molecule has 43 heavy (non-hydrogen) atoms. The molecule has 0 saturated carbocycles. The second kappa shape index (κ2) is 12.2. The molecule has 0 radical (unpaired) electrons. The largest absolute Gasteiger partial charge is 0.310 e. The Morgan fingerprint density at radius 1 is 0.465 bits per heavy atom. The number of fused-ring (bicyclic) bond motifs is 1. The number of non-ortho nitro benzene ring substituents is 1. The van der Waals surface area contributed by atoms with E-state index in [9.17, 15) is 10.1 Å². The van der Waals surface area contributed by atoms with Crippen molar-refractivity contribution in [1.29, 1.82) is 0 Å². The maximum Gasteiger partial charge on any atom is 0.270 e. The van der Waals surface area contributed by atoms with E-state index in [1.54, 1.807) is 12.1 Å². The first-order valence-corrected chi connectivity index (χ1v) is 14.6. The molecule has 6 aromatic carbocycles. The Balaban J connectivity index is 1.67. The number of nitro benzene ring substituents is 1. The molecule has 0 N–H and O–H groups in total. The van der Waals surface area contributed by atoms with Crippen molar-refractivity contribution in [2.24, 2.45) is 0 Å². The first-order valence-electron chi connectivity index (χ1n) is 13.1. The lowest BCUT2D eigenvalue weighted by atomic mass is 10.0. The van der Waals surface area contributed by atoms with E-state index in [1.807, 2.05) is 103 Å². The van der Waals surface area contributed by atoms with Crippen molar-refractivity contribution in [3.8, 4) is 0 Å². The van der Waals surface area contributed by atoms with Gasteiger partial charge >= 0.3 is 0 Å². The lowest BCUT2D eigenvalue weighted by Gasteiger charge is -2.30. The van der Waals surface area contributed by atoms with Crippen LogP contribution in [-0.2, 0) is 0 Å². The summed E-state index contributed by atoms with van der Waals surface area (Å²) < 4.78 is 0. The summed E-state index contributed by atoms with van der Waals surface area (Å²) in [7, 11) is 0. The van der Waals surface area contributed by atoms with Gasteiger partial charge in [-0.05, 0) is 121 Å². The molecule has 0 bridgehead atoms. The first kappa shape index (κ1) is 28.8. The molecule has 5 nitrogen and oxygen atoms in total. The van der Waals surface area contributed by atoms with E-state index in [1.165, 1.54) is 6.07 Å². The Kier molecular flexibility index (Phi) is 8.15. The third-order valence-electron chi connectivity index (χ3n) is 6.95. The molecule has 0 aliphatic carbocycles. The van der Waals surface area contributed by atoms with Crippen LogP contribution in [0.2, 0.25) is 20.1 Å². The molecular weight excluding hydrogens is 624 g/mol. The van der Waals surface area contributed by atoms with Gasteiger partial charge in [-0.15, -0.1) is 0 Å². The Bertz CT molecular complexity index is 1840. The van der Waals surface area contributed by atoms with E-state index >= 15 is 0 Å². The molecule has 6 aromatic rings. The Morgan fingerprint density at radius 2 is 0.860 bits per heavy atom. The van der Waals surface area contributed by atoms with Gasteiger partial charge in [-0.1, -0.05) is 46.4 Å². The maximum absolute atomic E-state index is 11.8. The molecule has 0 atom stereocenters. The van der Waals surface area contributed by atoms with Gasteiger partial charge < -0.3 is 9.80 Å². The second-order valence-corrected chi connectivity index (χ2v) is 11.4. The Morgan fingerprint density at radius 3 is 1.26 bits per heavy atom. The zero-order valence-corrected chi connectivity index (χ0v) is 25.3. The highest BCUT2D eigenvalue weighted by Gasteiger charge is 2.21. The average molecular weight is 645 g/mol. The highest BCUT2D eigenvalue weighted by Crippen LogP contribution is 2.45. The van der Waals surface area contributed by atoms with Gasteiger partial charge in [-0.25, -0.2) is 0 Å². The molecule has 0 saturated heterocycles. The van der Waals surface area contributed by atoms with Gasteiger partial charge in [-0.3, -0.25) is 10.1 Å². The van der Waals surface area contributed by atoms with Crippen LogP contribution < -0.4 is 9.80 Å². The lowest BCUT2D eigenvalue weighted by Crippen LogP contribution is -2.14. The Labute approximate surface area is 268 Å². The normalized spacial score (nSPS) is 11.0. The number of nitrogens with zero attached hydrogens (tertiary/aromatic N) is 3. The first-order chi connectivity index (χ1) is 20.8. The number of rotatable bonds is 7. The van der Waals surface area contributed by atoms with E-state index in [2.05, 4.69) is 15.9 Å². The molecule has 6 rings (SSSR count). The van der Waals surface area contributed by atoms with Crippen LogP contribution in [0.5, 0.6) is 0 Å². The topological polar surface area (TPSA) is 49.6 Å². The summed E-state index contributed by atoms with van der Waals surface area (Å²) in [5.74, 6) is 0. The second-order valence-electron chi connectivity index (χ2n) is 9.70. The van der Waals surface area contributed by atoms with Gasteiger partial charge in [0.1, 0.15) is 0 Å². The zero-order chi connectivity index (χ0) is 30.1. The third-order valence-corrected chi connectivity index (χ3v) is 7.96. The third kappa shape index (κ3) is 6.12. The van der Waals surface area contributed by atoms with Gasteiger partial charge in [-0.2, -0.15) is 0 Å². The SMILES string of the molecule is O=[N+]([O-])c1ccc2c(N(c3ccc(Cl)cc3)c3ccc(Cl)cc3)cc(N(c3ccc(Cl)cc3)c3ccc(Cl)cc3)cc2c1. The fourth-order valence-corrected chi connectivity index (χ4v) is 5.49. The predicted octanol–water partition coefficient (Wildman–Crippen LogP) is 12.3. The molecule has 0 aliphatic heterocycles.